The molecule has 160 valence electrons. The van der Waals surface area contributed by atoms with Gasteiger partial charge in [-0.15, -0.1) is 10.2 Å². The second-order valence-corrected chi connectivity index (χ2v) is 8.69. The Morgan fingerprint density at radius 2 is 1.87 bits per heavy atom. The number of hydrogen-bond donors (Lipinski definition) is 0. The van der Waals surface area contributed by atoms with Gasteiger partial charge in [-0.05, 0) is 42.3 Å². The third kappa shape index (κ3) is 4.91. The van der Waals surface area contributed by atoms with Crippen LogP contribution < -0.4 is 4.74 Å². The summed E-state index contributed by atoms with van der Waals surface area (Å²) in [6, 6.07) is 15.3. The van der Waals surface area contributed by atoms with Gasteiger partial charge in [0, 0.05) is 17.1 Å². The number of thioether (sulfide) groups is 1. The van der Waals surface area contributed by atoms with Gasteiger partial charge < -0.3 is 9.26 Å². The molecular weight excluding hydrogens is 434 g/mol. The summed E-state index contributed by atoms with van der Waals surface area (Å²) in [6.45, 7) is 4.25. The lowest BCUT2D eigenvalue weighted by molar-refractivity contribution is 0.382. The standard InChI is InChI=1S/C22H22ClN5O2S/c1-14(2)12-19-24-20(30-27-19)13-31-22-26-25-21(17-6-4-5-7-18(17)29-3)28(22)16-10-8-15(23)9-11-16/h4-11,14H,12-13H2,1-3H3. The van der Waals surface area contributed by atoms with Crippen molar-refractivity contribution in [3.8, 4) is 22.8 Å². The van der Waals surface area contributed by atoms with Crippen LogP contribution in [0.1, 0.15) is 25.6 Å². The summed E-state index contributed by atoms with van der Waals surface area (Å²) in [5.74, 6) is 3.63. The predicted molar refractivity (Wildman–Crippen MR) is 121 cm³/mol. The van der Waals surface area contributed by atoms with Gasteiger partial charge in [-0.25, -0.2) is 0 Å². The molecule has 2 aromatic carbocycles. The number of rotatable bonds is 8. The largest absolute Gasteiger partial charge is 0.496 e. The molecule has 0 spiro atoms. The molecular formula is C22H22ClN5O2S. The van der Waals surface area contributed by atoms with Crippen molar-refractivity contribution in [2.45, 2.75) is 31.2 Å². The number of nitrogens with zero attached hydrogens (tertiary/aromatic N) is 5. The molecule has 9 heteroatoms. The molecule has 0 saturated carbocycles. The van der Waals surface area contributed by atoms with Crippen LogP contribution in [0.25, 0.3) is 17.1 Å². The maximum Gasteiger partial charge on any atom is 0.237 e. The molecule has 0 fully saturated rings. The van der Waals surface area contributed by atoms with Crippen molar-refractivity contribution in [3.63, 3.8) is 0 Å². The molecule has 0 aliphatic heterocycles. The summed E-state index contributed by atoms with van der Waals surface area (Å²) >= 11 is 7.58. The van der Waals surface area contributed by atoms with Crippen molar-refractivity contribution < 1.29 is 9.26 Å². The zero-order valence-corrected chi connectivity index (χ0v) is 19.0. The van der Waals surface area contributed by atoms with Crippen LogP contribution in [-0.2, 0) is 12.2 Å². The molecule has 31 heavy (non-hydrogen) atoms. The average Bonchev–Trinajstić information content (AvgIpc) is 3.39. The third-order valence-corrected chi connectivity index (χ3v) is 5.66. The number of hydrogen-bond acceptors (Lipinski definition) is 7. The van der Waals surface area contributed by atoms with Gasteiger partial charge in [-0.1, -0.05) is 54.5 Å². The molecule has 0 saturated heterocycles. The fourth-order valence-electron chi connectivity index (χ4n) is 3.11. The van der Waals surface area contributed by atoms with Crippen molar-refractivity contribution in [1.29, 1.82) is 0 Å². The van der Waals surface area contributed by atoms with Crippen LogP contribution in [0.4, 0.5) is 0 Å². The van der Waals surface area contributed by atoms with Crippen LogP contribution in [0.5, 0.6) is 5.75 Å². The Labute approximate surface area is 189 Å². The van der Waals surface area contributed by atoms with E-state index in [4.69, 9.17) is 20.9 Å². The molecule has 2 aromatic heterocycles. The molecule has 0 N–H and O–H groups in total. The van der Waals surface area contributed by atoms with Crippen LogP contribution in [-0.4, -0.2) is 32.0 Å². The molecule has 2 heterocycles. The maximum absolute atomic E-state index is 6.10. The summed E-state index contributed by atoms with van der Waals surface area (Å²) in [5, 5.41) is 14.3. The van der Waals surface area contributed by atoms with Crippen molar-refractivity contribution in [2.75, 3.05) is 7.11 Å². The fourth-order valence-corrected chi connectivity index (χ4v) is 4.03. The maximum atomic E-state index is 6.10. The minimum Gasteiger partial charge on any atom is -0.496 e. The molecule has 0 amide bonds. The van der Waals surface area contributed by atoms with Crippen LogP contribution in [0.2, 0.25) is 5.02 Å². The zero-order chi connectivity index (χ0) is 21.8. The smallest absolute Gasteiger partial charge is 0.237 e. The monoisotopic (exact) mass is 455 g/mol. The van der Waals surface area contributed by atoms with Gasteiger partial charge in [0.15, 0.2) is 16.8 Å². The number of ether oxygens (including phenoxy) is 1. The highest BCUT2D eigenvalue weighted by Gasteiger charge is 2.20. The van der Waals surface area contributed by atoms with Gasteiger partial charge in [-0.2, -0.15) is 4.98 Å². The van der Waals surface area contributed by atoms with Gasteiger partial charge in [0.1, 0.15) is 5.75 Å². The van der Waals surface area contributed by atoms with Crippen LogP contribution in [0.15, 0.2) is 58.2 Å². The molecule has 0 atom stereocenters. The van der Waals surface area contributed by atoms with E-state index in [1.54, 1.807) is 7.11 Å². The van der Waals surface area contributed by atoms with Gasteiger partial charge in [-0.3, -0.25) is 4.57 Å². The molecule has 0 aliphatic carbocycles. The summed E-state index contributed by atoms with van der Waals surface area (Å²) in [6.07, 6.45) is 0.785. The van der Waals surface area contributed by atoms with E-state index >= 15 is 0 Å². The topological polar surface area (TPSA) is 78.9 Å². The second kappa shape index (κ2) is 9.53. The second-order valence-electron chi connectivity index (χ2n) is 7.31. The summed E-state index contributed by atoms with van der Waals surface area (Å²) in [4.78, 5) is 4.48. The van der Waals surface area contributed by atoms with E-state index < -0.39 is 0 Å². The van der Waals surface area contributed by atoms with Crippen molar-refractivity contribution in [2.24, 2.45) is 5.92 Å². The van der Waals surface area contributed by atoms with Crippen LogP contribution in [0, 0.1) is 5.92 Å². The minimum atomic E-state index is 0.467. The average molecular weight is 456 g/mol. The first kappa shape index (κ1) is 21.4. The Bertz CT molecular complexity index is 1160. The quantitative estimate of drug-likeness (QED) is 0.326. The lowest BCUT2D eigenvalue weighted by Crippen LogP contribution is -2.01. The highest BCUT2D eigenvalue weighted by Crippen LogP contribution is 2.34. The summed E-state index contributed by atoms with van der Waals surface area (Å²) in [7, 11) is 1.64. The van der Waals surface area contributed by atoms with Crippen LogP contribution in [0.3, 0.4) is 0 Å². The number of halogens is 1. The minimum absolute atomic E-state index is 0.467. The zero-order valence-electron chi connectivity index (χ0n) is 17.4. The van der Waals surface area contributed by atoms with E-state index in [-0.39, 0.29) is 0 Å². The SMILES string of the molecule is COc1ccccc1-c1nnc(SCc2nc(CC(C)C)no2)n1-c1ccc(Cl)cc1. The Kier molecular flexibility index (Phi) is 6.58. The highest BCUT2D eigenvalue weighted by molar-refractivity contribution is 7.98. The predicted octanol–water partition coefficient (Wildman–Crippen LogP) is 5.47. The van der Waals surface area contributed by atoms with Gasteiger partial charge in [0.05, 0.1) is 18.4 Å². The van der Waals surface area contributed by atoms with Gasteiger partial charge >= 0.3 is 0 Å². The molecule has 7 nitrogen and oxygen atoms in total. The lowest BCUT2D eigenvalue weighted by Gasteiger charge is -2.12. The van der Waals surface area contributed by atoms with E-state index in [0.717, 1.165) is 29.2 Å². The van der Waals surface area contributed by atoms with Crippen LogP contribution >= 0.6 is 23.4 Å². The number of aromatic nitrogens is 5. The van der Waals surface area contributed by atoms with E-state index in [0.29, 0.717) is 33.6 Å². The van der Waals surface area contributed by atoms with E-state index in [2.05, 4.69) is 34.2 Å². The van der Waals surface area contributed by atoms with E-state index in [9.17, 15) is 0 Å². The molecule has 4 aromatic rings. The summed E-state index contributed by atoms with van der Waals surface area (Å²) < 4.78 is 12.9. The Balaban J connectivity index is 1.68. The first-order chi connectivity index (χ1) is 15.0. The molecule has 0 radical (unpaired) electrons. The molecule has 0 unspecified atom stereocenters. The third-order valence-electron chi connectivity index (χ3n) is 4.49. The number of para-hydroxylation sites is 1. The normalized spacial score (nSPS) is 11.3. The van der Waals surface area contributed by atoms with E-state index in [1.165, 1.54) is 11.8 Å². The Hall–Kier alpha value is -2.84. The molecule has 0 aliphatic rings. The van der Waals surface area contributed by atoms with Crippen molar-refractivity contribution in [1.82, 2.24) is 24.9 Å². The first-order valence-corrected chi connectivity index (χ1v) is 11.2. The highest BCUT2D eigenvalue weighted by atomic mass is 35.5. The number of methoxy groups -OCH3 is 1. The van der Waals surface area contributed by atoms with Crippen molar-refractivity contribution >= 4 is 23.4 Å². The van der Waals surface area contributed by atoms with E-state index in [1.807, 2.05) is 53.1 Å². The number of benzene rings is 2. The summed E-state index contributed by atoms with van der Waals surface area (Å²) in [5.41, 5.74) is 1.74. The molecule has 4 rings (SSSR count). The Morgan fingerprint density at radius 3 is 2.61 bits per heavy atom. The fraction of sp³-hybridized carbons (Fsp3) is 0.273. The first-order valence-electron chi connectivity index (χ1n) is 9.84. The molecule has 0 bridgehead atoms. The van der Waals surface area contributed by atoms with Gasteiger partial charge in [0.2, 0.25) is 5.89 Å². The van der Waals surface area contributed by atoms with Gasteiger partial charge in [0.25, 0.3) is 0 Å². The Morgan fingerprint density at radius 1 is 1.10 bits per heavy atom. The lowest BCUT2D eigenvalue weighted by atomic mass is 10.1. The van der Waals surface area contributed by atoms with Crippen molar-refractivity contribution in [3.05, 3.63) is 65.3 Å².